The normalized spacial score (nSPS) is 18.6. The van der Waals surface area contributed by atoms with Gasteiger partial charge in [0.15, 0.2) is 0 Å². The summed E-state index contributed by atoms with van der Waals surface area (Å²) in [6, 6.07) is 11.6. The monoisotopic (exact) mass is 511 g/mol. The molecule has 2 amide bonds. The lowest BCUT2D eigenvalue weighted by atomic mass is 10.1. The number of rotatable bonds is 10. The second kappa shape index (κ2) is 12.8. The van der Waals surface area contributed by atoms with Crippen LogP contribution in [-0.4, -0.2) is 66.8 Å². The number of aromatic nitrogens is 1. The van der Waals surface area contributed by atoms with Gasteiger partial charge >= 0.3 is 12.0 Å². The summed E-state index contributed by atoms with van der Waals surface area (Å²) in [6.45, 7) is 6.16. The lowest BCUT2D eigenvalue weighted by molar-refractivity contribution is -0.144. The Bertz CT molecular complexity index is 1030. The van der Waals surface area contributed by atoms with Crippen molar-refractivity contribution >= 4 is 29.1 Å². The van der Waals surface area contributed by atoms with Crippen molar-refractivity contribution in [3.05, 3.63) is 42.6 Å². The number of amides is 2. The lowest BCUT2D eigenvalue weighted by Gasteiger charge is -2.30. The topological polar surface area (TPSA) is 96.0 Å². The van der Waals surface area contributed by atoms with Gasteiger partial charge in [0.1, 0.15) is 6.10 Å². The van der Waals surface area contributed by atoms with Crippen LogP contribution in [0.2, 0.25) is 0 Å². The minimum absolute atomic E-state index is 0. The summed E-state index contributed by atoms with van der Waals surface area (Å²) in [4.78, 5) is 33.2. The van der Waals surface area contributed by atoms with Crippen LogP contribution in [0.1, 0.15) is 53.8 Å². The first-order chi connectivity index (χ1) is 17.9. The summed E-state index contributed by atoms with van der Waals surface area (Å²) in [6.07, 6.45) is 7.87. The molecule has 1 aliphatic heterocycles. The summed E-state index contributed by atoms with van der Waals surface area (Å²) in [5, 5.41) is 5.69. The highest BCUT2D eigenvalue weighted by atomic mass is 16.5. The molecule has 202 valence electrons. The molecule has 2 heterocycles. The third-order valence-corrected chi connectivity index (χ3v) is 7.28. The number of ether oxygens (including phenoxy) is 2. The average Bonchev–Trinajstić information content (AvgIpc) is 3.58. The van der Waals surface area contributed by atoms with Crippen LogP contribution in [0.25, 0.3) is 0 Å². The van der Waals surface area contributed by atoms with Gasteiger partial charge in [-0.2, -0.15) is 0 Å². The zero-order valence-corrected chi connectivity index (χ0v) is 22.1. The lowest BCUT2D eigenvalue weighted by Crippen LogP contribution is -2.41. The van der Waals surface area contributed by atoms with Gasteiger partial charge in [-0.05, 0) is 83.3 Å². The van der Waals surface area contributed by atoms with E-state index < -0.39 is 0 Å². The van der Waals surface area contributed by atoms with Crippen molar-refractivity contribution in [1.82, 2.24) is 9.88 Å². The molecule has 2 atom stereocenters. The molecule has 2 aliphatic rings. The molecule has 37 heavy (non-hydrogen) atoms. The maximum absolute atomic E-state index is 12.5. The van der Waals surface area contributed by atoms with Gasteiger partial charge in [0.05, 0.1) is 24.9 Å². The summed E-state index contributed by atoms with van der Waals surface area (Å²) >= 11 is 0. The molecule has 9 nitrogen and oxygen atoms in total. The van der Waals surface area contributed by atoms with Crippen molar-refractivity contribution in [1.29, 1.82) is 0 Å². The van der Waals surface area contributed by atoms with Gasteiger partial charge < -0.3 is 25.0 Å². The van der Waals surface area contributed by atoms with E-state index in [1.54, 1.807) is 18.3 Å². The Hall–Kier alpha value is -3.33. The highest BCUT2D eigenvalue weighted by molar-refractivity contribution is 5.99. The largest absolute Gasteiger partial charge is 0.474 e. The first-order valence-electron chi connectivity index (χ1n) is 13.3. The fraction of sp³-hybridized carbons (Fsp3) is 0.536. The van der Waals surface area contributed by atoms with Crippen LogP contribution in [0, 0.1) is 0 Å². The Balaban J connectivity index is 0.00000400. The molecular weight excluding hydrogens is 470 g/mol. The molecule has 1 saturated heterocycles. The summed E-state index contributed by atoms with van der Waals surface area (Å²) in [5.74, 6) is 0.447. The predicted molar refractivity (Wildman–Crippen MR) is 147 cm³/mol. The van der Waals surface area contributed by atoms with Crippen molar-refractivity contribution < 1.29 is 20.5 Å². The molecule has 2 fully saturated rings. The van der Waals surface area contributed by atoms with Crippen molar-refractivity contribution in [3.63, 3.8) is 0 Å². The van der Waals surface area contributed by atoms with Crippen LogP contribution in [0.3, 0.4) is 0 Å². The van der Waals surface area contributed by atoms with E-state index in [2.05, 4.69) is 39.4 Å². The second-order valence-electron chi connectivity index (χ2n) is 9.95. The maximum atomic E-state index is 12.5. The van der Waals surface area contributed by atoms with Crippen molar-refractivity contribution in [2.75, 3.05) is 42.3 Å². The number of hydrogen-bond acceptors (Lipinski definition) is 7. The molecular formula is C28H41N5O4. The molecule has 1 saturated carbocycles. The molecule has 4 rings (SSSR count). The van der Waals surface area contributed by atoms with Gasteiger partial charge in [0.25, 0.3) is 0 Å². The first kappa shape index (κ1) is 26.7. The van der Waals surface area contributed by atoms with E-state index in [0.717, 1.165) is 38.0 Å². The van der Waals surface area contributed by atoms with E-state index in [1.165, 1.54) is 12.8 Å². The minimum atomic E-state index is -0.322. The molecule has 1 aromatic heterocycles. The number of nitrogens with one attached hydrogen (secondary N) is 2. The third-order valence-electron chi connectivity index (χ3n) is 7.28. The number of esters is 1. The number of hydrogen-bond donors (Lipinski definition) is 2. The van der Waals surface area contributed by atoms with Gasteiger partial charge in [-0.15, -0.1) is 0 Å². The Morgan fingerprint density at radius 3 is 2.49 bits per heavy atom. The van der Waals surface area contributed by atoms with E-state index in [-0.39, 0.29) is 25.6 Å². The average molecular weight is 512 g/mol. The van der Waals surface area contributed by atoms with Crippen LogP contribution in [0.4, 0.5) is 21.9 Å². The fourth-order valence-corrected chi connectivity index (χ4v) is 5.02. The van der Waals surface area contributed by atoms with E-state index in [1.807, 2.05) is 31.2 Å². The summed E-state index contributed by atoms with van der Waals surface area (Å²) in [7, 11) is 2.08. The van der Waals surface area contributed by atoms with E-state index >= 15 is 0 Å². The van der Waals surface area contributed by atoms with Crippen LogP contribution >= 0.6 is 0 Å². The quantitative estimate of drug-likeness (QED) is 0.426. The molecule has 0 radical (unpaired) electrons. The van der Waals surface area contributed by atoms with Crippen LogP contribution in [-0.2, 0) is 9.53 Å². The standard InChI is InChI=1S/C28H39N5O4.H2/c1-4-36-27(34)17-20(2)32(3)24-15-16-33(19-24)23-12-9-21(10-13-23)30-28(35)31-22-11-14-26(29-18-22)37-25-7-5-6-8-25;/h9-14,18,20,24-25H,4-8,15-17,19H2,1-3H3,(H2,30,31,35);1H. The smallest absolute Gasteiger partial charge is 0.323 e. The second-order valence-corrected chi connectivity index (χ2v) is 9.95. The maximum Gasteiger partial charge on any atom is 0.323 e. The molecule has 2 aromatic rings. The van der Waals surface area contributed by atoms with E-state index in [9.17, 15) is 9.59 Å². The molecule has 1 aliphatic carbocycles. The number of carbonyl (C=O) groups is 2. The number of urea groups is 1. The Morgan fingerprint density at radius 2 is 1.81 bits per heavy atom. The van der Waals surface area contributed by atoms with E-state index in [4.69, 9.17) is 9.47 Å². The van der Waals surface area contributed by atoms with Gasteiger partial charge in [-0.3, -0.25) is 9.69 Å². The van der Waals surface area contributed by atoms with E-state index in [0.29, 0.717) is 36.3 Å². The number of carbonyl (C=O) groups excluding carboxylic acids is 2. The highest BCUT2D eigenvalue weighted by Gasteiger charge is 2.29. The number of likely N-dealkylation sites (N-methyl/N-ethyl adjacent to an activating group) is 1. The van der Waals surface area contributed by atoms with Crippen molar-refractivity contribution in [2.24, 2.45) is 0 Å². The zero-order valence-electron chi connectivity index (χ0n) is 22.1. The van der Waals surface area contributed by atoms with Crippen LogP contribution in [0.5, 0.6) is 5.88 Å². The Labute approximate surface area is 221 Å². The molecule has 0 spiro atoms. The fourth-order valence-electron chi connectivity index (χ4n) is 5.02. The van der Waals surface area contributed by atoms with Crippen LogP contribution < -0.4 is 20.3 Å². The van der Waals surface area contributed by atoms with Gasteiger partial charge in [-0.1, -0.05) is 0 Å². The minimum Gasteiger partial charge on any atom is -0.474 e. The molecule has 2 N–H and O–H groups in total. The summed E-state index contributed by atoms with van der Waals surface area (Å²) in [5.41, 5.74) is 2.44. The third kappa shape index (κ3) is 7.58. The van der Waals surface area contributed by atoms with Gasteiger partial charge in [-0.25, -0.2) is 9.78 Å². The van der Waals surface area contributed by atoms with Gasteiger partial charge in [0, 0.05) is 44.0 Å². The van der Waals surface area contributed by atoms with Crippen molar-refractivity contribution in [3.8, 4) is 5.88 Å². The number of pyridine rings is 1. The number of anilines is 3. The number of nitrogens with zero attached hydrogens (tertiary/aromatic N) is 3. The molecule has 9 heteroatoms. The van der Waals surface area contributed by atoms with Crippen LogP contribution in [0.15, 0.2) is 42.6 Å². The number of benzene rings is 1. The zero-order chi connectivity index (χ0) is 26.2. The SMILES string of the molecule is CCOC(=O)CC(C)N(C)C1CCN(c2ccc(NC(=O)Nc3ccc(OC4CCCC4)nc3)cc2)C1.[HH]. The van der Waals surface area contributed by atoms with Crippen molar-refractivity contribution in [2.45, 2.75) is 70.6 Å². The Morgan fingerprint density at radius 1 is 1.11 bits per heavy atom. The molecule has 0 bridgehead atoms. The highest BCUT2D eigenvalue weighted by Crippen LogP contribution is 2.26. The predicted octanol–water partition coefficient (Wildman–Crippen LogP) is 5.15. The summed E-state index contributed by atoms with van der Waals surface area (Å²) < 4.78 is 11.0. The first-order valence-corrected chi connectivity index (χ1v) is 13.3. The molecule has 1 aromatic carbocycles. The Kier molecular flexibility index (Phi) is 9.22. The molecule has 2 unspecified atom stereocenters. The van der Waals surface area contributed by atoms with Gasteiger partial charge in [0.2, 0.25) is 5.88 Å².